The summed E-state index contributed by atoms with van der Waals surface area (Å²) >= 11 is 1.14. The van der Waals surface area contributed by atoms with Crippen LogP contribution in [0.2, 0.25) is 0 Å². The lowest BCUT2D eigenvalue weighted by atomic mass is 10.5. The van der Waals surface area contributed by atoms with Gasteiger partial charge in [-0.05, 0) is 11.9 Å². The summed E-state index contributed by atoms with van der Waals surface area (Å²) in [5, 5.41) is 0. The van der Waals surface area contributed by atoms with Crippen molar-refractivity contribution in [3.63, 3.8) is 0 Å². The van der Waals surface area contributed by atoms with Gasteiger partial charge in [0.25, 0.3) is 0 Å². The average molecular weight is 102 g/mol. The van der Waals surface area contributed by atoms with Gasteiger partial charge in [-0.25, -0.2) is 4.40 Å². The summed E-state index contributed by atoms with van der Waals surface area (Å²) in [7, 11) is 0. The minimum Gasteiger partial charge on any atom is -0.292 e. The molecule has 1 aliphatic rings. The second kappa shape index (κ2) is 1.43. The fraction of sp³-hybridized carbons (Fsp3) is 0.333. The highest BCUT2D eigenvalue weighted by Crippen LogP contribution is 2.05. The fourth-order valence-electron chi connectivity index (χ4n) is 0.206. The quantitative estimate of drug-likeness (QED) is 0.411. The van der Waals surface area contributed by atoms with Crippen molar-refractivity contribution in [3.8, 4) is 0 Å². The van der Waals surface area contributed by atoms with E-state index in [4.69, 9.17) is 1.37 Å². The van der Waals surface area contributed by atoms with Gasteiger partial charge < -0.3 is 0 Å². The first-order valence-electron chi connectivity index (χ1n) is 2.00. The summed E-state index contributed by atoms with van der Waals surface area (Å²) in [4.78, 5) is 10.2. The van der Waals surface area contributed by atoms with Crippen LogP contribution in [-0.2, 0) is 4.79 Å². The molecule has 0 aliphatic carbocycles. The van der Waals surface area contributed by atoms with Crippen LogP contribution in [0.1, 0.15) is 1.37 Å². The zero-order valence-corrected chi connectivity index (χ0v) is 3.79. The Balaban J connectivity index is 2.72. The molecule has 0 radical (unpaired) electrons. The van der Waals surface area contributed by atoms with E-state index < -0.39 is 0 Å². The number of nitrogens with zero attached hydrogens (tertiary/aromatic N) is 1. The molecule has 0 unspecified atom stereocenters. The summed E-state index contributed by atoms with van der Waals surface area (Å²) in [6.45, 7) is 0. The Bertz CT molecular complexity index is 133. The van der Waals surface area contributed by atoms with Crippen LogP contribution in [0.15, 0.2) is 4.40 Å². The second-order valence-electron chi connectivity index (χ2n) is 0.900. The molecule has 0 bridgehead atoms. The van der Waals surface area contributed by atoms with Crippen molar-refractivity contribution in [2.45, 2.75) is 0 Å². The first kappa shape index (κ1) is 2.80. The average Bonchev–Trinajstić information content (AvgIpc) is 1.91. The highest BCUT2D eigenvalue weighted by Gasteiger charge is 2.01. The van der Waals surface area contributed by atoms with Gasteiger partial charge in [-0.15, -0.1) is 0 Å². The van der Waals surface area contributed by atoms with Crippen molar-refractivity contribution >= 4 is 23.9 Å². The highest BCUT2D eigenvalue weighted by atomic mass is 32.2. The molecule has 0 aromatic rings. The van der Waals surface area contributed by atoms with Crippen LogP contribution in [0.4, 0.5) is 0 Å². The third-order valence-electron chi connectivity index (χ3n) is 0.431. The van der Waals surface area contributed by atoms with Crippen molar-refractivity contribution in [3.05, 3.63) is 0 Å². The SMILES string of the molecule is [2H]C1=NSCC1=O. The summed E-state index contributed by atoms with van der Waals surface area (Å²) < 4.78 is 10.2. The molecule has 0 amide bonds. The Morgan fingerprint density at radius 3 is 3.33 bits per heavy atom. The number of Topliss-reactive ketones (excluding diaryl/α,β-unsaturated/α-hetero) is 1. The highest BCUT2D eigenvalue weighted by molar-refractivity contribution is 7.99. The van der Waals surface area contributed by atoms with Gasteiger partial charge in [0, 0.05) is 0 Å². The Morgan fingerprint density at radius 1 is 2.33 bits per heavy atom. The fourth-order valence-corrected chi connectivity index (χ4v) is 0.619. The Hall–Kier alpha value is -0.310. The number of carbonyl (C=O) groups excluding carboxylic acids is 1. The lowest BCUT2D eigenvalue weighted by molar-refractivity contribution is -0.110. The van der Waals surface area contributed by atoms with E-state index in [-0.39, 0.29) is 12.0 Å². The molecule has 1 aliphatic heterocycles. The molecule has 32 valence electrons. The monoisotopic (exact) mass is 102 g/mol. The number of rotatable bonds is 0. The number of hydrogen-bond donors (Lipinski definition) is 0. The van der Waals surface area contributed by atoms with Gasteiger partial charge in [-0.3, -0.25) is 4.79 Å². The van der Waals surface area contributed by atoms with Gasteiger partial charge in [-0.2, -0.15) is 0 Å². The van der Waals surface area contributed by atoms with Crippen LogP contribution >= 0.6 is 11.9 Å². The van der Waals surface area contributed by atoms with Crippen LogP contribution in [0.5, 0.6) is 0 Å². The lowest BCUT2D eigenvalue weighted by Crippen LogP contribution is -1.93. The summed E-state index contributed by atoms with van der Waals surface area (Å²) in [5.41, 5.74) is 0. The molecular formula is C3H3NOS. The normalized spacial score (nSPS) is 23.7. The van der Waals surface area contributed by atoms with Gasteiger partial charge >= 0.3 is 0 Å². The molecule has 0 N–H and O–H groups in total. The van der Waals surface area contributed by atoms with Gasteiger partial charge in [0.15, 0.2) is 5.78 Å². The van der Waals surface area contributed by atoms with Crippen LogP contribution in [0, 0.1) is 0 Å². The maximum Gasteiger partial charge on any atom is 0.186 e. The molecule has 6 heavy (non-hydrogen) atoms. The zero-order chi connectivity index (χ0) is 5.28. The summed E-state index contributed by atoms with van der Waals surface area (Å²) in [6.07, 6.45) is -0.0926. The van der Waals surface area contributed by atoms with E-state index in [9.17, 15) is 4.79 Å². The van der Waals surface area contributed by atoms with Gasteiger partial charge in [-0.1, -0.05) is 0 Å². The molecular weight excluding hydrogens is 98.1 g/mol. The Kier molecular flexibility index (Phi) is 0.665. The maximum atomic E-state index is 10.2. The second-order valence-corrected chi connectivity index (χ2v) is 1.63. The number of hydrogen-bond acceptors (Lipinski definition) is 3. The standard InChI is InChI=1S/C3H3NOS/c5-3-1-4-6-2-3/h1H,2H2/i1D. The van der Waals surface area contributed by atoms with Crippen molar-refractivity contribution in [1.82, 2.24) is 0 Å². The summed E-state index contributed by atoms with van der Waals surface area (Å²) in [5.74, 6) is 0.198. The van der Waals surface area contributed by atoms with Crippen molar-refractivity contribution in [2.24, 2.45) is 4.40 Å². The molecule has 0 saturated heterocycles. The Morgan fingerprint density at radius 2 is 3.17 bits per heavy atom. The van der Waals surface area contributed by atoms with Crippen LogP contribution in [-0.4, -0.2) is 17.7 Å². The van der Waals surface area contributed by atoms with Crippen molar-refractivity contribution < 1.29 is 6.17 Å². The van der Waals surface area contributed by atoms with E-state index in [1.165, 1.54) is 0 Å². The maximum absolute atomic E-state index is 10.2. The predicted octanol–water partition coefficient (Wildman–Crippen LogP) is 0.288. The molecule has 1 heterocycles. The molecule has 0 aromatic carbocycles. The Labute approximate surface area is 41.2 Å². The zero-order valence-electron chi connectivity index (χ0n) is 3.97. The van der Waals surface area contributed by atoms with E-state index in [1.807, 2.05) is 0 Å². The minimum atomic E-state index is -0.162. The van der Waals surface area contributed by atoms with Gasteiger partial charge in [0.2, 0.25) is 0 Å². The third-order valence-corrected chi connectivity index (χ3v) is 1.04. The van der Waals surface area contributed by atoms with Gasteiger partial charge in [0.05, 0.1) is 13.3 Å². The molecule has 2 nitrogen and oxygen atoms in total. The molecule has 3 heteroatoms. The van der Waals surface area contributed by atoms with Crippen LogP contribution in [0.3, 0.4) is 0 Å². The minimum absolute atomic E-state index is 0.0926. The molecule has 0 fully saturated rings. The van der Waals surface area contributed by atoms with E-state index in [2.05, 4.69) is 4.40 Å². The first-order chi connectivity index (χ1) is 3.30. The van der Waals surface area contributed by atoms with Crippen molar-refractivity contribution in [2.75, 3.05) is 5.75 Å². The first-order valence-corrected chi connectivity index (χ1v) is 2.45. The smallest absolute Gasteiger partial charge is 0.186 e. The molecule has 0 atom stereocenters. The largest absolute Gasteiger partial charge is 0.292 e. The molecule has 1 rings (SSSR count). The van der Waals surface area contributed by atoms with Crippen molar-refractivity contribution in [1.29, 1.82) is 0 Å². The predicted molar refractivity (Wildman–Crippen MR) is 26.0 cm³/mol. The van der Waals surface area contributed by atoms with E-state index in [0.717, 1.165) is 11.9 Å². The van der Waals surface area contributed by atoms with E-state index in [1.54, 1.807) is 0 Å². The third kappa shape index (κ3) is 0.597. The van der Waals surface area contributed by atoms with E-state index >= 15 is 0 Å². The number of ketones is 1. The van der Waals surface area contributed by atoms with Crippen LogP contribution < -0.4 is 0 Å². The molecule has 0 aromatic heterocycles. The molecule has 0 spiro atoms. The van der Waals surface area contributed by atoms with Gasteiger partial charge in [0.1, 0.15) is 0 Å². The van der Waals surface area contributed by atoms with E-state index in [0.29, 0.717) is 5.75 Å². The topological polar surface area (TPSA) is 29.4 Å². The lowest BCUT2D eigenvalue weighted by Gasteiger charge is -1.67. The summed E-state index contributed by atoms with van der Waals surface area (Å²) in [6, 6.07) is 0. The van der Waals surface area contributed by atoms with Crippen LogP contribution in [0.25, 0.3) is 0 Å². The number of carbonyl (C=O) groups is 1. The molecule has 0 saturated carbocycles.